The van der Waals surface area contributed by atoms with Crippen LogP contribution in [0.2, 0.25) is 0 Å². The third-order valence-corrected chi connectivity index (χ3v) is 5.69. The summed E-state index contributed by atoms with van der Waals surface area (Å²) in [6.45, 7) is 2.81. The molecule has 156 valence electrons. The standard InChI is InChI=1S/C21H20FN3O4S/c1-3-29-21(27)25-9-8-15-16(11-23)20(30-18(15)12-25)24-19(26)7-5-13-4-6-14(28-2)10-17(13)22/h4-7,10H,3,8-9,12H2,1-2H3,(H,24,26). The fourth-order valence-electron chi connectivity index (χ4n) is 3.07. The lowest BCUT2D eigenvalue weighted by Gasteiger charge is -2.25. The number of methoxy groups -OCH3 is 1. The molecule has 1 N–H and O–H groups in total. The summed E-state index contributed by atoms with van der Waals surface area (Å²) in [6, 6.07) is 6.47. The predicted octanol–water partition coefficient (Wildman–Crippen LogP) is 3.93. The molecule has 9 heteroatoms. The van der Waals surface area contributed by atoms with Crippen LogP contribution in [0.3, 0.4) is 0 Å². The van der Waals surface area contributed by atoms with Crippen LogP contribution in [0.5, 0.6) is 5.75 Å². The fourth-order valence-corrected chi connectivity index (χ4v) is 4.29. The van der Waals surface area contributed by atoms with Crippen LogP contribution >= 0.6 is 11.3 Å². The van der Waals surface area contributed by atoms with Crippen LogP contribution in [0.15, 0.2) is 24.3 Å². The Morgan fingerprint density at radius 1 is 1.43 bits per heavy atom. The van der Waals surface area contributed by atoms with E-state index >= 15 is 0 Å². The minimum Gasteiger partial charge on any atom is -0.497 e. The number of nitrogens with one attached hydrogen (secondary N) is 1. The summed E-state index contributed by atoms with van der Waals surface area (Å²) >= 11 is 1.26. The molecule has 1 aliphatic rings. The molecule has 0 bridgehead atoms. The van der Waals surface area contributed by atoms with Crippen LogP contribution in [0.4, 0.5) is 14.2 Å². The number of hydrogen-bond donors (Lipinski definition) is 1. The van der Waals surface area contributed by atoms with E-state index < -0.39 is 17.8 Å². The molecule has 2 amide bonds. The SMILES string of the molecule is CCOC(=O)N1CCc2c(sc(NC(=O)C=Cc3ccc(OC)cc3F)c2C#N)C1. The van der Waals surface area contributed by atoms with Crippen molar-refractivity contribution in [3.8, 4) is 11.8 Å². The van der Waals surface area contributed by atoms with E-state index in [0.29, 0.717) is 42.4 Å². The highest BCUT2D eigenvalue weighted by atomic mass is 32.1. The van der Waals surface area contributed by atoms with Crippen molar-refractivity contribution in [3.63, 3.8) is 0 Å². The number of fused-ring (bicyclic) bond motifs is 1. The molecule has 0 atom stereocenters. The minimum absolute atomic E-state index is 0.238. The number of amides is 2. The number of carbonyl (C=O) groups is 2. The lowest BCUT2D eigenvalue weighted by Crippen LogP contribution is -2.35. The van der Waals surface area contributed by atoms with E-state index in [9.17, 15) is 19.2 Å². The molecule has 0 spiro atoms. The third-order valence-electron chi connectivity index (χ3n) is 4.55. The molecule has 1 aromatic heterocycles. The number of thiophene rings is 1. The summed E-state index contributed by atoms with van der Waals surface area (Å²) in [5.74, 6) is -0.613. The second kappa shape index (κ2) is 9.41. The zero-order valence-corrected chi connectivity index (χ0v) is 17.3. The van der Waals surface area contributed by atoms with Crippen molar-refractivity contribution in [2.45, 2.75) is 19.9 Å². The number of carbonyl (C=O) groups excluding carboxylic acids is 2. The number of nitrogens with zero attached hydrogens (tertiary/aromatic N) is 2. The molecule has 0 saturated heterocycles. The maximum absolute atomic E-state index is 14.0. The van der Waals surface area contributed by atoms with Gasteiger partial charge in [-0.1, -0.05) is 0 Å². The largest absolute Gasteiger partial charge is 0.497 e. The van der Waals surface area contributed by atoms with E-state index in [2.05, 4.69) is 11.4 Å². The molecule has 0 fully saturated rings. The van der Waals surface area contributed by atoms with Crippen LogP contribution in [-0.2, 0) is 22.5 Å². The van der Waals surface area contributed by atoms with Gasteiger partial charge in [0.15, 0.2) is 0 Å². The zero-order valence-electron chi connectivity index (χ0n) is 16.5. The second-order valence-corrected chi connectivity index (χ2v) is 7.51. The molecule has 0 saturated carbocycles. The van der Waals surface area contributed by atoms with Crippen molar-refractivity contribution < 1.29 is 23.5 Å². The Bertz CT molecular complexity index is 1040. The zero-order chi connectivity index (χ0) is 21.7. The van der Waals surface area contributed by atoms with Crippen molar-refractivity contribution in [2.75, 3.05) is 25.6 Å². The predicted molar refractivity (Wildman–Crippen MR) is 111 cm³/mol. The first-order chi connectivity index (χ1) is 14.5. The van der Waals surface area contributed by atoms with Gasteiger partial charge in [-0.2, -0.15) is 5.26 Å². The summed E-state index contributed by atoms with van der Waals surface area (Å²) < 4.78 is 24.0. The molecule has 30 heavy (non-hydrogen) atoms. The van der Waals surface area contributed by atoms with Gasteiger partial charge in [0.05, 0.1) is 25.8 Å². The molecule has 2 aromatic rings. The van der Waals surface area contributed by atoms with Crippen LogP contribution in [0.25, 0.3) is 6.08 Å². The van der Waals surface area contributed by atoms with Gasteiger partial charge < -0.3 is 19.7 Å². The van der Waals surface area contributed by atoms with Crippen molar-refractivity contribution in [1.82, 2.24) is 4.90 Å². The van der Waals surface area contributed by atoms with Crippen molar-refractivity contribution in [3.05, 3.63) is 51.7 Å². The lowest BCUT2D eigenvalue weighted by atomic mass is 10.0. The van der Waals surface area contributed by atoms with Gasteiger partial charge in [-0.05, 0) is 37.1 Å². The Balaban J connectivity index is 1.73. The minimum atomic E-state index is -0.512. The fraction of sp³-hybridized carbons (Fsp3) is 0.286. The lowest BCUT2D eigenvalue weighted by molar-refractivity contribution is -0.111. The molecule has 7 nitrogen and oxygen atoms in total. The second-order valence-electron chi connectivity index (χ2n) is 6.40. The Kier molecular flexibility index (Phi) is 6.69. The number of ether oxygens (including phenoxy) is 2. The quantitative estimate of drug-likeness (QED) is 0.727. The van der Waals surface area contributed by atoms with Gasteiger partial charge in [0.1, 0.15) is 22.6 Å². The van der Waals surface area contributed by atoms with Crippen LogP contribution in [-0.4, -0.2) is 37.2 Å². The number of benzene rings is 1. The monoisotopic (exact) mass is 429 g/mol. The van der Waals surface area contributed by atoms with Gasteiger partial charge in [0.2, 0.25) is 5.91 Å². The van der Waals surface area contributed by atoms with E-state index in [1.165, 1.54) is 42.7 Å². The molecule has 1 aromatic carbocycles. The molecule has 0 aliphatic carbocycles. The Hall–Kier alpha value is -3.38. The highest BCUT2D eigenvalue weighted by molar-refractivity contribution is 7.16. The van der Waals surface area contributed by atoms with Gasteiger partial charge in [-0.3, -0.25) is 4.79 Å². The van der Waals surface area contributed by atoms with E-state index in [4.69, 9.17) is 9.47 Å². The summed E-state index contributed by atoms with van der Waals surface area (Å²) in [5, 5.41) is 12.7. The van der Waals surface area contributed by atoms with E-state index in [1.54, 1.807) is 17.9 Å². The third kappa shape index (κ3) is 4.60. The molecule has 1 aliphatic heterocycles. The first-order valence-electron chi connectivity index (χ1n) is 9.25. The van der Waals surface area contributed by atoms with Crippen molar-refractivity contribution >= 4 is 34.4 Å². The van der Waals surface area contributed by atoms with Gasteiger partial charge in [0, 0.05) is 29.1 Å². The summed E-state index contributed by atoms with van der Waals surface area (Å²) in [6.07, 6.45) is 2.67. The maximum atomic E-state index is 14.0. The number of hydrogen-bond acceptors (Lipinski definition) is 6. The molecule has 2 heterocycles. The number of rotatable bonds is 5. The summed E-state index contributed by atoms with van der Waals surface area (Å²) in [5.41, 5.74) is 1.47. The summed E-state index contributed by atoms with van der Waals surface area (Å²) in [4.78, 5) is 26.7. The van der Waals surface area contributed by atoms with Gasteiger partial charge >= 0.3 is 6.09 Å². The molecular weight excluding hydrogens is 409 g/mol. The van der Waals surface area contributed by atoms with E-state index in [-0.39, 0.29) is 5.56 Å². The van der Waals surface area contributed by atoms with Crippen LogP contribution in [0.1, 0.15) is 28.5 Å². The smallest absolute Gasteiger partial charge is 0.410 e. The highest BCUT2D eigenvalue weighted by Crippen LogP contribution is 2.36. The first-order valence-corrected chi connectivity index (χ1v) is 10.1. The average molecular weight is 429 g/mol. The number of nitriles is 1. The van der Waals surface area contributed by atoms with Gasteiger partial charge in [-0.25, -0.2) is 9.18 Å². The molecule has 3 rings (SSSR count). The Morgan fingerprint density at radius 2 is 2.23 bits per heavy atom. The Labute approximate surface area is 177 Å². The van der Waals surface area contributed by atoms with Gasteiger partial charge in [0.25, 0.3) is 0 Å². The van der Waals surface area contributed by atoms with E-state index in [0.717, 1.165) is 10.4 Å². The number of halogens is 1. The first kappa shape index (κ1) is 21.3. The van der Waals surface area contributed by atoms with Crippen molar-refractivity contribution in [1.29, 1.82) is 5.26 Å². The highest BCUT2D eigenvalue weighted by Gasteiger charge is 2.27. The van der Waals surface area contributed by atoms with E-state index in [1.807, 2.05) is 0 Å². The summed E-state index contributed by atoms with van der Waals surface area (Å²) in [7, 11) is 1.44. The normalized spacial score (nSPS) is 12.9. The van der Waals surface area contributed by atoms with Crippen LogP contribution in [0, 0.1) is 17.1 Å². The van der Waals surface area contributed by atoms with Crippen molar-refractivity contribution in [2.24, 2.45) is 0 Å². The maximum Gasteiger partial charge on any atom is 0.410 e. The Morgan fingerprint density at radius 3 is 2.90 bits per heavy atom. The molecular formula is C21H20FN3O4S. The molecule has 0 radical (unpaired) electrons. The number of anilines is 1. The molecule has 0 unspecified atom stereocenters. The average Bonchev–Trinajstić information content (AvgIpc) is 3.08. The topological polar surface area (TPSA) is 91.7 Å². The van der Waals surface area contributed by atoms with Crippen LogP contribution < -0.4 is 10.1 Å². The van der Waals surface area contributed by atoms with Gasteiger partial charge in [-0.15, -0.1) is 11.3 Å².